The van der Waals surface area contributed by atoms with Crippen molar-refractivity contribution in [1.82, 2.24) is 5.32 Å². The maximum atomic E-state index is 13.5. The summed E-state index contributed by atoms with van der Waals surface area (Å²) in [5.74, 6) is -3.73. The van der Waals surface area contributed by atoms with E-state index in [-0.39, 0.29) is 5.56 Å². The van der Waals surface area contributed by atoms with E-state index in [2.05, 4.69) is 5.32 Å². The van der Waals surface area contributed by atoms with Gasteiger partial charge in [-0.15, -0.1) is 0 Å². The molecule has 108 valence electrons. The van der Waals surface area contributed by atoms with Crippen molar-refractivity contribution in [1.29, 1.82) is 0 Å². The zero-order valence-electron chi connectivity index (χ0n) is 10.8. The van der Waals surface area contributed by atoms with E-state index in [4.69, 9.17) is 0 Å². The molecule has 2 rings (SSSR count). The van der Waals surface area contributed by atoms with Crippen molar-refractivity contribution in [3.8, 4) is 0 Å². The van der Waals surface area contributed by atoms with Crippen molar-refractivity contribution < 1.29 is 23.5 Å². The zero-order chi connectivity index (χ0) is 14.8. The van der Waals surface area contributed by atoms with Gasteiger partial charge in [0.25, 0.3) is 5.91 Å². The van der Waals surface area contributed by atoms with Crippen molar-refractivity contribution in [2.24, 2.45) is 0 Å². The zero-order valence-corrected chi connectivity index (χ0v) is 10.8. The van der Waals surface area contributed by atoms with Gasteiger partial charge >= 0.3 is 5.97 Å². The first-order valence-electron chi connectivity index (χ1n) is 6.45. The Hall–Kier alpha value is -1.98. The maximum absolute atomic E-state index is 13.5. The van der Waals surface area contributed by atoms with Crippen molar-refractivity contribution in [3.05, 3.63) is 35.4 Å². The number of carboxylic acid groups (broad SMARTS) is 1. The van der Waals surface area contributed by atoms with Gasteiger partial charge in [-0.1, -0.05) is 19.3 Å². The Morgan fingerprint density at radius 1 is 1.15 bits per heavy atom. The van der Waals surface area contributed by atoms with Gasteiger partial charge in [0.2, 0.25) is 0 Å². The molecule has 1 fully saturated rings. The highest BCUT2D eigenvalue weighted by atomic mass is 19.1. The highest BCUT2D eigenvalue weighted by Crippen LogP contribution is 2.29. The van der Waals surface area contributed by atoms with Crippen molar-refractivity contribution in [2.75, 3.05) is 0 Å². The molecule has 0 spiro atoms. The number of hydrogen-bond acceptors (Lipinski definition) is 2. The summed E-state index contributed by atoms with van der Waals surface area (Å²) < 4.78 is 26.3. The molecule has 1 aromatic rings. The summed E-state index contributed by atoms with van der Waals surface area (Å²) in [7, 11) is 0. The minimum absolute atomic E-state index is 0.316. The van der Waals surface area contributed by atoms with Crippen LogP contribution in [0.4, 0.5) is 8.78 Å². The number of carbonyl (C=O) groups is 2. The summed E-state index contributed by atoms with van der Waals surface area (Å²) in [5, 5.41) is 11.7. The Bertz CT molecular complexity index is 539. The summed E-state index contributed by atoms with van der Waals surface area (Å²) >= 11 is 0. The number of halogens is 2. The third-order valence-electron chi connectivity index (χ3n) is 3.65. The number of rotatable bonds is 3. The Morgan fingerprint density at radius 3 is 2.35 bits per heavy atom. The van der Waals surface area contributed by atoms with E-state index < -0.39 is 29.0 Å². The van der Waals surface area contributed by atoms with Crippen LogP contribution in [0.15, 0.2) is 18.2 Å². The Labute approximate surface area is 114 Å². The average Bonchev–Trinajstić information content (AvgIpc) is 2.39. The molecule has 2 N–H and O–H groups in total. The van der Waals surface area contributed by atoms with Crippen molar-refractivity contribution in [3.63, 3.8) is 0 Å². The Balaban J connectivity index is 2.22. The molecule has 0 atom stereocenters. The molecule has 0 heterocycles. The fourth-order valence-electron chi connectivity index (χ4n) is 2.51. The lowest BCUT2D eigenvalue weighted by atomic mass is 9.81. The molecule has 0 saturated heterocycles. The minimum atomic E-state index is -1.35. The molecular weight excluding hydrogens is 268 g/mol. The first-order valence-corrected chi connectivity index (χ1v) is 6.45. The van der Waals surface area contributed by atoms with Gasteiger partial charge in [-0.2, -0.15) is 0 Å². The highest BCUT2D eigenvalue weighted by Gasteiger charge is 2.41. The Morgan fingerprint density at radius 2 is 1.80 bits per heavy atom. The monoisotopic (exact) mass is 283 g/mol. The van der Waals surface area contributed by atoms with Crippen LogP contribution < -0.4 is 5.32 Å². The minimum Gasteiger partial charge on any atom is -0.480 e. The third-order valence-corrected chi connectivity index (χ3v) is 3.65. The summed E-state index contributed by atoms with van der Waals surface area (Å²) in [6, 6.07) is 2.58. The predicted octanol–water partition coefficient (Wildman–Crippen LogP) is 2.48. The topological polar surface area (TPSA) is 66.4 Å². The summed E-state index contributed by atoms with van der Waals surface area (Å²) in [5.41, 5.74) is -1.70. The van der Waals surface area contributed by atoms with Crippen LogP contribution in [-0.4, -0.2) is 22.5 Å². The summed E-state index contributed by atoms with van der Waals surface area (Å²) in [6.45, 7) is 0. The molecule has 0 bridgehead atoms. The number of amides is 1. The van der Waals surface area contributed by atoms with E-state index in [1.54, 1.807) is 0 Å². The fraction of sp³-hybridized carbons (Fsp3) is 0.429. The lowest BCUT2D eigenvalue weighted by Crippen LogP contribution is -2.55. The second-order valence-electron chi connectivity index (χ2n) is 5.03. The Kier molecular flexibility index (Phi) is 4.01. The lowest BCUT2D eigenvalue weighted by Gasteiger charge is -2.34. The van der Waals surface area contributed by atoms with Gasteiger partial charge in [0, 0.05) is 6.07 Å². The SMILES string of the molecule is O=C(NC1(C(=O)O)CCCCC1)c1ccc(F)cc1F. The van der Waals surface area contributed by atoms with Crippen molar-refractivity contribution in [2.45, 2.75) is 37.6 Å². The molecule has 1 aliphatic carbocycles. The second kappa shape index (κ2) is 5.56. The maximum Gasteiger partial charge on any atom is 0.329 e. The third kappa shape index (κ3) is 2.79. The van der Waals surface area contributed by atoms with Gasteiger partial charge in [-0.3, -0.25) is 4.79 Å². The van der Waals surface area contributed by atoms with E-state index in [9.17, 15) is 23.5 Å². The first kappa shape index (κ1) is 14.4. The normalized spacial score (nSPS) is 17.5. The van der Waals surface area contributed by atoms with Crippen LogP contribution in [-0.2, 0) is 4.79 Å². The van der Waals surface area contributed by atoms with Crippen LogP contribution in [0.5, 0.6) is 0 Å². The van der Waals surface area contributed by atoms with Crippen molar-refractivity contribution >= 4 is 11.9 Å². The van der Waals surface area contributed by atoms with Gasteiger partial charge in [-0.25, -0.2) is 13.6 Å². The summed E-state index contributed by atoms with van der Waals surface area (Å²) in [4.78, 5) is 23.4. The van der Waals surface area contributed by atoms with Gasteiger partial charge in [-0.05, 0) is 25.0 Å². The molecular formula is C14H15F2NO3. The fourth-order valence-corrected chi connectivity index (χ4v) is 2.51. The molecule has 0 aliphatic heterocycles. The predicted molar refractivity (Wildman–Crippen MR) is 67.3 cm³/mol. The molecule has 1 saturated carbocycles. The largest absolute Gasteiger partial charge is 0.480 e. The van der Waals surface area contributed by atoms with E-state index in [0.29, 0.717) is 31.7 Å². The number of hydrogen-bond donors (Lipinski definition) is 2. The van der Waals surface area contributed by atoms with E-state index in [0.717, 1.165) is 18.6 Å². The van der Waals surface area contributed by atoms with Gasteiger partial charge in [0.05, 0.1) is 5.56 Å². The molecule has 0 unspecified atom stereocenters. The molecule has 6 heteroatoms. The molecule has 20 heavy (non-hydrogen) atoms. The highest BCUT2D eigenvalue weighted by molar-refractivity contribution is 5.98. The summed E-state index contributed by atoms with van der Waals surface area (Å²) in [6.07, 6.45) is 2.93. The van der Waals surface area contributed by atoms with Crippen LogP contribution in [0.3, 0.4) is 0 Å². The molecule has 4 nitrogen and oxygen atoms in total. The number of benzene rings is 1. The van der Waals surface area contributed by atoms with E-state index in [1.807, 2.05) is 0 Å². The standard InChI is InChI=1S/C14H15F2NO3/c15-9-4-5-10(11(16)8-9)12(18)17-14(13(19)20)6-2-1-3-7-14/h4-5,8H,1-3,6-7H2,(H,17,18)(H,19,20). The van der Waals surface area contributed by atoms with Crippen LogP contribution in [0.2, 0.25) is 0 Å². The smallest absolute Gasteiger partial charge is 0.329 e. The lowest BCUT2D eigenvalue weighted by molar-refractivity contribution is -0.145. The van der Waals surface area contributed by atoms with Crippen LogP contribution in [0, 0.1) is 11.6 Å². The van der Waals surface area contributed by atoms with Crippen LogP contribution in [0.25, 0.3) is 0 Å². The molecule has 1 aliphatic rings. The number of carboxylic acids is 1. The number of carbonyl (C=O) groups excluding carboxylic acids is 1. The molecule has 0 aromatic heterocycles. The molecule has 1 aromatic carbocycles. The van der Waals surface area contributed by atoms with E-state index >= 15 is 0 Å². The van der Waals surface area contributed by atoms with Gasteiger partial charge < -0.3 is 10.4 Å². The molecule has 0 radical (unpaired) electrons. The molecule has 1 amide bonds. The quantitative estimate of drug-likeness (QED) is 0.895. The van der Waals surface area contributed by atoms with Gasteiger partial charge in [0.1, 0.15) is 17.2 Å². The van der Waals surface area contributed by atoms with Crippen LogP contribution >= 0.6 is 0 Å². The first-order chi connectivity index (χ1) is 9.44. The van der Waals surface area contributed by atoms with Gasteiger partial charge in [0.15, 0.2) is 0 Å². The second-order valence-corrected chi connectivity index (χ2v) is 5.03. The number of nitrogens with one attached hydrogen (secondary N) is 1. The van der Waals surface area contributed by atoms with E-state index in [1.165, 1.54) is 0 Å². The number of aliphatic carboxylic acids is 1. The average molecular weight is 283 g/mol. The van der Waals surface area contributed by atoms with Crippen LogP contribution in [0.1, 0.15) is 42.5 Å².